The number of carbonyl (C=O) groups is 1. The lowest BCUT2D eigenvalue weighted by atomic mass is 10.1. The Hall–Kier alpha value is -1.78. The monoisotopic (exact) mass is 332 g/mol. The molecule has 0 heterocycles. The predicted molar refractivity (Wildman–Crippen MR) is 94.4 cm³/mol. The minimum absolute atomic E-state index is 0.109. The molecule has 0 fully saturated rings. The van der Waals surface area contributed by atoms with E-state index in [1.807, 2.05) is 61.5 Å². The van der Waals surface area contributed by atoms with Crippen LogP contribution in [0.5, 0.6) is 0 Å². The zero-order valence-electron chi connectivity index (χ0n) is 12.3. The molecule has 0 saturated heterocycles. The van der Waals surface area contributed by atoms with Crippen LogP contribution in [0.1, 0.15) is 18.1 Å². The number of hydrogen-bond acceptors (Lipinski definition) is 3. The third-order valence-electron chi connectivity index (χ3n) is 2.93. The highest BCUT2D eigenvalue weighted by Crippen LogP contribution is 2.16. The lowest BCUT2D eigenvalue weighted by molar-refractivity contribution is -0.118. The first-order valence-electron chi connectivity index (χ1n) is 6.86. The van der Waals surface area contributed by atoms with Crippen LogP contribution in [-0.4, -0.2) is 17.4 Å². The van der Waals surface area contributed by atoms with E-state index in [4.69, 9.17) is 11.6 Å². The van der Waals surface area contributed by atoms with Gasteiger partial charge in [-0.2, -0.15) is 5.10 Å². The lowest BCUT2D eigenvalue weighted by Gasteiger charge is -2.04. The standard InChI is InChI=1S/C17H17ClN2OS/c1-13(15-7-3-2-4-8-15)19-20-17(21)12-22-11-14-6-5-9-16(18)10-14/h2-10H,11-12H2,1H3,(H,20,21)/b19-13-. The van der Waals surface area contributed by atoms with E-state index >= 15 is 0 Å². The maximum absolute atomic E-state index is 11.8. The summed E-state index contributed by atoms with van der Waals surface area (Å²) < 4.78 is 0. The molecule has 2 aromatic rings. The van der Waals surface area contributed by atoms with Crippen LogP contribution in [-0.2, 0) is 10.5 Å². The first kappa shape index (κ1) is 16.6. The zero-order chi connectivity index (χ0) is 15.8. The number of rotatable bonds is 6. The first-order chi connectivity index (χ1) is 10.6. The van der Waals surface area contributed by atoms with Crippen molar-refractivity contribution in [2.75, 3.05) is 5.75 Å². The molecule has 3 nitrogen and oxygen atoms in total. The van der Waals surface area contributed by atoms with Gasteiger partial charge in [-0.1, -0.05) is 54.1 Å². The molecule has 0 aliphatic rings. The molecule has 22 heavy (non-hydrogen) atoms. The minimum Gasteiger partial charge on any atom is -0.272 e. The first-order valence-corrected chi connectivity index (χ1v) is 8.39. The summed E-state index contributed by atoms with van der Waals surface area (Å²) in [5.41, 5.74) is 5.47. The SMILES string of the molecule is C/C(=N/NC(=O)CSCc1cccc(Cl)c1)c1ccccc1. The van der Waals surface area contributed by atoms with Crippen molar-refractivity contribution in [1.82, 2.24) is 5.43 Å². The third-order valence-corrected chi connectivity index (χ3v) is 4.17. The van der Waals surface area contributed by atoms with Crippen molar-refractivity contribution < 1.29 is 4.79 Å². The summed E-state index contributed by atoms with van der Waals surface area (Å²) in [4.78, 5) is 11.8. The second-order valence-corrected chi connectivity index (χ2v) is 6.14. The van der Waals surface area contributed by atoms with E-state index in [0.717, 1.165) is 22.6 Å². The van der Waals surface area contributed by atoms with Gasteiger partial charge in [0.1, 0.15) is 0 Å². The van der Waals surface area contributed by atoms with Gasteiger partial charge in [0.25, 0.3) is 0 Å². The van der Waals surface area contributed by atoms with Crippen LogP contribution in [0.15, 0.2) is 59.7 Å². The van der Waals surface area contributed by atoms with Gasteiger partial charge in [0.15, 0.2) is 0 Å². The van der Waals surface area contributed by atoms with Gasteiger partial charge >= 0.3 is 0 Å². The van der Waals surface area contributed by atoms with Crippen molar-refractivity contribution in [2.24, 2.45) is 5.10 Å². The second kappa shape index (κ2) is 8.61. The minimum atomic E-state index is -0.109. The van der Waals surface area contributed by atoms with Gasteiger partial charge in [-0.15, -0.1) is 11.8 Å². The molecule has 0 unspecified atom stereocenters. The van der Waals surface area contributed by atoms with E-state index in [2.05, 4.69) is 10.5 Å². The fraction of sp³-hybridized carbons (Fsp3) is 0.176. The molecule has 2 aromatic carbocycles. The lowest BCUT2D eigenvalue weighted by Crippen LogP contribution is -2.21. The number of nitrogens with zero attached hydrogens (tertiary/aromatic N) is 1. The van der Waals surface area contributed by atoms with E-state index in [-0.39, 0.29) is 5.91 Å². The Morgan fingerprint density at radius 1 is 1.18 bits per heavy atom. The van der Waals surface area contributed by atoms with Gasteiger partial charge in [0, 0.05) is 10.8 Å². The highest BCUT2D eigenvalue weighted by molar-refractivity contribution is 7.99. The average Bonchev–Trinajstić information content (AvgIpc) is 2.53. The van der Waals surface area contributed by atoms with Crippen LogP contribution < -0.4 is 5.43 Å². The molecule has 5 heteroatoms. The molecule has 114 valence electrons. The molecule has 0 aromatic heterocycles. The van der Waals surface area contributed by atoms with Crippen molar-refractivity contribution in [3.8, 4) is 0 Å². The fourth-order valence-corrected chi connectivity index (χ4v) is 2.79. The summed E-state index contributed by atoms with van der Waals surface area (Å²) >= 11 is 7.45. The summed E-state index contributed by atoms with van der Waals surface area (Å²) in [7, 11) is 0. The zero-order valence-corrected chi connectivity index (χ0v) is 13.8. The van der Waals surface area contributed by atoms with Gasteiger partial charge in [0.2, 0.25) is 5.91 Å². The number of nitrogens with one attached hydrogen (secondary N) is 1. The van der Waals surface area contributed by atoms with Gasteiger partial charge in [-0.3, -0.25) is 4.79 Å². The van der Waals surface area contributed by atoms with Gasteiger partial charge in [-0.05, 0) is 30.2 Å². The number of hydrogen-bond donors (Lipinski definition) is 1. The van der Waals surface area contributed by atoms with Gasteiger partial charge in [0.05, 0.1) is 11.5 Å². The topological polar surface area (TPSA) is 41.5 Å². The predicted octanol–water partition coefficient (Wildman–Crippen LogP) is 4.11. The molecule has 1 amide bonds. The number of thioether (sulfide) groups is 1. The molecule has 0 aliphatic carbocycles. The summed E-state index contributed by atoms with van der Waals surface area (Å²) in [6, 6.07) is 17.4. The number of amides is 1. The maximum Gasteiger partial charge on any atom is 0.250 e. The van der Waals surface area contributed by atoms with Crippen LogP contribution in [0.25, 0.3) is 0 Å². The Morgan fingerprint density at radius 3 is 2.68 bits per heavy atom. The molecule has 0 radical (unpaired) electrons. The molecule has 0 spiro atoms. The van der Waals surface area contributed by atoms with Crippen molar-refractivity contribution in [2.45, 2.75) is 12.7 Å². The quantitative estimate of drug-likeness (QED) is 0.638. The maximum atomic E-state index is 11.8. The van der Waals surface area contributed by atoms with Gasteiger partial charge in [-0.25, -0.2) is 5.43 Å². The molecule has 0 saturated carbocycles. The van der Waals surface area contributed by atoms with Crippen LogP contribution in [0.4, 0.5) is 0 Å². The Labute approximate surface area is 139 Å². The van der Waals surface area contributed by atoms with Crippen molar-refractivity contribution >= 4 is 35.0 Å². The summed E-state index contributed by atoms with van der Waals surface area (Å²) in [6.07, 6.45) is 0. The van der Waals surface area contributed by atoms with Crippen LogP contribution >= 0.6 is 23.4 Å². The highest BCUT2D eigenvalue weighted by atomic mass is 35.5. The molecule has 0 aliphatic heterocycles. The molecule has 2 rings (SSSR count). The van der Waals surface area contributed by atoms with E-state index < -0.39 is 0 Å². The van der Waals surface area contributed by atoms with E-state index in [9.17, 15) is 4.79 Å². The molecule has 0 bridgehead atoms. The highest BCUT2D eigenvalue weighted by Gasteiger charge is 2.02. The van der Waals surface area contributed by atoms with Crippen molar-refractivity contribution in [1.29, 1.82) is 0 Å². The summed E-state index contributed by atoms with van der Waals surface area (Å²) in [5.74, 6) is 0.996. The number of carbonyl (C=O) groups excluding carboxylic acids is 1. The van der Waals surface area contributed by atoms with Crippen molar-refractivity contribution in [3.63, 3.8) is 0 Å². The number of benzene rings is 2. The second-order valence-electron chi connectivity index (χ2n) is 4.72. The number of hydrazone groups is 1. The Balaban J connectivity index is 1.76. The smallest absolute Gasteiger partial charge is 0.250 e. The Morgan fingerprint density at radius 2 is 1.95 bits per heavy atom. The fourth-order valence-electron chi connectivity index (χ4n) is 1.81. The molecule has 0 atom stereocenters. The molecular formula is C17H17ClN2OS. The molecule has 1 N–H and O–H groups in total. The van der Waals surface area contributed by atoms with E-state index in [1.165, 1.54) is 11.8 Å². The third kappa shape index (κ3) is 5.54. The summed E-state index contributed by atoms with van der Waals surface area (Å²) in [6.45, 7) is 1.87. The van der Waals surface area contributed by atoms with Crippen molar-refractivity contribution in [3.05, 3.63) is 70.7 Å². The largest absolute Gasteiger partial charge is 0.272 e. The van der Waals surface area contributed by atoms with E-state index in [1.54, 1.807) is 0 Å². The number of halogens is 1. The van der Waals surface area contributed by atoms with Crippen LogP contribution in [0, 0.1) is 0 Å². The average molecular weight is 333 g/mol. The summed E-state index contributed by atoms with van der Waals surface area (Å²) in [5, 5.41) is 4.83. The Kier molecular flexibility index (Phi) is 6.49. The van der Waals surface area contributed by atoms with E-state index in [0.29, 0.717) is 10.8 Å². The Bertz CT molecular complexity index is 659. The van der Waals surface area contributed by atoms with Gasteiger partial charge < -0.3 is 0 Å². The normalized spacial score (nSPS) is 11.3. The van der Waals surface area contributed by atoms with Crippen LogP contribution in [0.2, 0.25) is 5.02 Å². The van der Waals surface area contributed by atoms with Crippen LogP contribution in [0.3, 0.4) is 0 Å². The molecular weight excluding hydrogens is 316 g/mol.